The average Bonchev–Trinajstić information content (AvgIpc) is 2.80. The quantitative estimate of drug-likeness (QED) is 0.241. The minimum atomic E-state index is -1.07. The maximum absolute atomic E-state index is 10.8. The monoisotopic (exact) mass is 512 g/mol. The van der Waals surface area contributed by atoms with E-state index in [0.29, 0.717) is 24.3 Å². The van der Waals surface area contributed by atoms with Crippen LogP contribution in [0.25, 0.3) is 0 Å². The summed E-state index contributed by atoms with van der Waals surface area (Å²) >= 11 is 0. The molecule has 3 aliphatic rings. The highest BCUT2D eigenvalue weighted by Crippen LogP contribution is 2.36. The van der Waals surface area contributed by atoms with Gasteiger partial charge in [0.1, 0.15) is 39.3 Å². The topological polar surface area (TPSA) is 268 Å². The smallest absolute Gasteiger partial charge is 0.317 e. The van der Waals surface area contributed by atoms with E-state index in [4.69, 9.17) is 10.2 Å². The zero-order chi connectivity index (χ0) is 27.2. The Morgan fingerprint density at radius 3 is 0.972 bits per heavy atom. The van der Waals surface area contributed by atoms with E-state index >= 15 is 0 Å². The fraction of sp³-hybridized carbons (Fsp3) is 0.333. The highest BCUT2D eigenvalue weighted by Gasteiger charge is 2.29. The molecule has 3 heterocycles. The SMILES string of the molecule is C1C[NH+]2CC[NH+]1CC2.O=[N+]([O-])c1cc([N+](=O)[O-])c(O)cc1[O-].O=[N+]([O-])c1cc([N+](=O)[O-])c(O)cc1[O-]. The van der Waals surface area contributed by atoms with Gasteiger partial charge in [0.2, 0.25) is 0 Å². The van der Waals surface area contributed by atoms with Crippen molar-refractivity contribution in [3.63, 3.8) is 0 Å². The van der Waals surface area contributed by atoms with Crippen molar-refractivity contribution < 1.29 is 49.9 Å². The molecule has 2 aromatic carbocycles. The van der Waals surface area contributed by atoms with E-state index in [1.165, 1.54) is 39.3 Å². The molecule has 194 valence electrons. The number of hydrogen-bond acceptors (Lipinski definition) is 12. The molecule has 0 atom stereocenters. The molecular formula is C18H20N6O12. The molecule has 0 saturated carbocycles. The summed E-state index contributed by atoms with van der Waals surface area (Å²) < 4.78 is 0. The van der Waals surface area contributed by atoms with Crippen LogP contribution in [0, 0.1) is 40.5 Å². The van der Waals surface area contributed by atoms with Crippen molar-refractivity contribution in [2.45, 2.75) is 0 Å². The summed E-state index contributed by atoms with van der Waals surface area (Å²) in [6, 6.07) is 1.74. The van der Waals surface area contributed by atoms with Gasteiger partial charge in [0, 0.05) is 0 Å². The first-order chi connectivity index (χ1) is 16.8. The van der Waals surface area contributed by atoms with E-state index in [1.54, 1.807) is 0 Å². The first kappa shape index (κ1) is 27.4. The number of benzene rings is 2. The van der Waals surface area contributed by atoms with Crippen LogP contribution in [0.3, 0.4) is 0 Å². The number of quaternary nitrogens is 2. The molecule has 3 aliphatic heterocycles. The van der Waals surface area contributed by atoms with Gasteiger partial charge in [0.25, 0.3) is 11.4 Å². The van der Waals surface area contributed by atoms with Crippen LogP contribution >= 0.6 is 0 Å². The number of nitro benzene ring substituents is 4. The molecule has 0 radical (unpaired) electrons. The Morgan fingerprint density at radius 2 is 0.778 bits per heavy atom. The summed E-state index contributed by atoms with van der Waals surface area (Å²) in [4.78, 5) is 40.5. The first-order valence-corrected chi connectivity index (χ1v) is 10.1. The Morgan fingerprint density at radius 1 is 0.528 bits per heavy atom. The van der Waals surface area contributed by atoms with E-state index in [1.807, 2.05) is 9.80 Å². The summed E-state index contributed by atoms with van der Waals surface area (Å²) in [5, 5.41) is 80.3. The van der Waals surface area contributed by atoms with Crippen molar-refractivity contribution in [1.82, 2.24) is 0 Å². The van der Waals surface area contributed by atoms with Gasteiger partial charge in [-0.05, 0) is 23.6 Å². The van der Waals surface area contributed by atoms with Gasteiger partial charge in [0.15, 0.2) is 11.5 Å². The molecule has 36 heavy (non-hydrogen) atoms. The molecule has 0 spiro atoms. The van der Waals surface area contributed by atoms with Crippen molar-refractivity contribution in [2.24, 2.45) is 0 Å². The number of phenols is 2. The number of fused-ring (bicyclic) bond motifs is 3. The summed E-state index contributed by atoms with van der Waals surface area (Å²) in [7, 11) is 0. The van der Waals surface area contributed by atoms with Crippen LogP contribution in [-0.2, 0) is 0 Å². The third kappa shape index (κ3) is 6.84. The van der Waals surface area contributed by atoms with Crippen LogP contribution in [0.5, 0.6) is 23.0 Å². The molecule has 3 saturated heterocycles. The minimum absolute atomic E-state index is 0.428. The fourth-order valence-corrected chi connectivity index (χ4v) is 3.48. The highest BCUT2D eigenvalue weighted by molar-refractivity contribution is 5.60. The van der Waals surface area contributed by atoms with E-state index < -0.39 is 65.4 Å². The normalized spacial score (nSPS) is 17.6. The first-order valence-electron chi connectivity index (χ1n) is 10.1. The van der Waals surface area contributed by atoms with Crippen molar-refractivity contribution in [1.29, 1.82) is 0 Å². The summed E-state index contributed by atoms with van der Waals surface area (Å²) in [5.41, 5.74) is -3.60. The van der Waals surface area contributed by atoms with Crippen LogP contribution in [0.1, 0.15) is 0 Å². The van der Waals surface area contributed by atoms with Crippen molar-refractivity contribution >= 4 is 22.7 Å². The Bertz CT molecular complexity index is 1010. The van der Waals surface area contributed by atoms with E-state index in [9.17, 15) is 50.7 Å². The second kappa shape index (κ2) is 11.5. The van der Waals surface area contributed by atoms with Crippen molar-refractivity contribution in [3.8, 4) is 23.0 Å². The molecule has 0 amide bonds. The van der Waals surface area contributed by atoms with Gasteiger partial charge < -0.3 is 30.2 Å². The maximum atomic E-state index is 10.8. The number of aromatic hydroxyl groups is 2. The molecule has 0 aliphatic carbocycles. The molecule has 0 aromatic heterocycles. The Hall–Kier alpha value is -4.84. The van der Waals surface area contributed by atoms with Crippen LogP contribution < -0.4 is 20.0 Å². The molecular weight excluding hydrogens is 492 g/mol. The number of nitrogens with one attached hydrogen (secondary N) is 2. The van der Waals surface area contributed by atoms with Gasteiger partial charge in [-0.2, -0.15) is 0 Å². The fourth-order valence-electron chi connectivity index (χ4n) is 3.48. The molecule has 2 aromatic rings. The summed E-state index contributed by atoms with van der Waals surface area (Å²) in [6.45, 7) is 8.64. The van der Waals surface area contributed by atoms with E-state index in [2.05, 4.69) is 0 Å². The summed E-state index contributed by atoms with van der Waals surface area (Å²) in [5.74, 6) is -3.91. The number of hydrogen-bond donors (Lipinski definition) is 4. The Kier molecular flexibility index (Phi) is 8.78. The molecule has 3 fully saturated rings. The zero-order valence-electron chi connectivity index (χ0n) is 18.3. The lowest BCUT2D eigenvalue weighted by Gasteiger charge is -2.35. The lowest BCUT2D eigenvalue weighted by molar-refractivity contribution is -1.06. The number of nitro groups is 4. The molecule has 2 bridgehead atoms. The number of rotatable bonds is 4. The molecule has 4 N–H and O–H groups in total. The number of phenolic OH excluding ortho intramolecular Hbond substituents is 2. The average molecular weight is 512 g/mol. The second-order valence-corrected chi connectivity index (χ2v) is 7.65. The standard InChI is InChI=1S/2C6H4N2O6.C6H12N2/c2*9-5-2-6(10)4(8(13)14)1-3(5)7(11)12;1-2-8-5-3-7(1)4-6-8/h2*1-2,9-10H;1-6H2. The predicted molar refractivity (Wildman–Crippen MR) is 113 cm³/mol. The minimum Gasteiger partial charge on any atom is -0.868 e. The third-order valence-corrected chi connectivity index (χ3v) is 5.40. The van der Waals surface area contributed by atoms with Crippen molar-refractivity contribution in [3.05, 3.63) is 64.7 Å². The molecule has 18 nitrogen and oxygen atoms in total. The zero-order valence-corrected chi connectivity index (χ0v) is 18.3. The van der Waals surface area contributed by atoms with Crippen LogP contribution in [0.4, 0.5) is 22.7 Å². The van der Waals surface area contributed by atoms with E-state index in [-0.39, 0.29) is 0 Å². The van der Waals surface area contributed by atoms with Gasteiger partial charge in [-0.3, -0.25) is 40.5 Å². The van der Waals surface area contributed by atoms with Gasteiger partial charge in [0.05, 0.1) is 31.8 Å². The second-order valence-electron chi connectivity index (χ2n) is 7.65. The maximum Gasteiger partial charge on any atom is 0.317 e. The van der Waals surface area contributed by atoms with Crippen LogP contribution in [0.15, 0.2) is 24.3 Å². The van der Waals surface area contributed by atoms with Gasteiger partial charge in [-0.25, -0.2) is 0 Å². The van der Waals surface area contributed by atoms with Gasteiger partial charge in [-0.1, -0.05) is 0 Å². The molecule has 5 rings (SSSR count). The lowest BCUT2D eigenvalue weighted by atomic mass is 10.2. The summed E-state index contributed by atoms with van der Waals surface area (Å²) in [6.07, 6.45) is 0. The Balaban J connectivity index is 0.000000197. The molecule has 18 heteroatoms. The number of piperazine rings is 3. The predicted octanol–water partition coefficient (Wildman–Crippen LogP) is -2.65. The largest absolute Gasteiger partial charge is 0.868 e. The van der Waals surface area contributed by atoms with Gasteiger partial charge in [-0.15, -0.1) is 0 Å². The Labute approximate surface area is 200 Å². The van der Waals surface area contributed by atoms with Gasteiger partial charge >= 0.3 is 11.4 Å². The highest BCUT2D eigenvalue weighted by atomic mass is 16.6. The molecule has 0 unspecified atom stereocenters. The lowest BCUT2D eigenvalue weighted by Crippen LogP contribution is -3.35. The number of nitrogens with zero attached hydrogens (tertiary/aromatic N) is 4. The van der Waals surface area contributed by atoms with Crippen molar-refractivity contribution in [2.75, 3.05) is 39.3 Å². The van der Waals surface area contributed by atoms with Crippen LogP contribution in [-0.4, -0.2) is 69.2 Å². The third-order valence-electron chi connectivity index (χ3n) is 5.40. The van der Waals surface area contributed by atoms with Crippen LogP contribution in [0.2, 0.25) is 0 Å². The van der Waals surface area contributed by atoms with E-state index in [0.717, 1.165) is 0 Å².